The van der Waals surface area contributed by atoms with Gasteiger partial charge in [0.25, 0.3) is 0 Å². The van der Waals surface area contributed by atoms with Crippen molar-refractivity contribution in [3.05, 3.63) is 47.2 Å². The van der Waals surface area contributed by atoms with Gasteiger partial charge in [-0.1, -0.05) is 37.3 Å². The topological polar surface area (TPSA) is 74.6 Å². The Hall–Kier alpha value is -2.45. The quantitative estimate of drug-likeness (QED) is 0.665. The summed E-state index contributed by atoms with van der Waals surface area (Å²) in [5.41, 5.74) is 4.49. The van der Waals surface area contributed by atoms with Crippen molar-refractivity contribution in [2.24, 2.45) is 0 Å². The number of amides is 2. The second-order valence-electron chi connectivity index (χ2n) is 6.11. The zero-order valence-corrected chi connectivity index (χ0v) is 16.1. The van der Waals surface area contributed by atoms with Crippen LogP contribution in [0.5, 0.6) is 0 Å². The molecule has 0 saturated carbocycles. The van der Waals surface area contributed by atoms with Crippen LogP contribution in [-0.4, -0.2) is 38.6 Å². The van der Waals surface area contributed by atoms with Crippen LogP contribution in [0.4, 0.5) is 10.5 Å². The van der Waals surface area contributed by atoms with Gasteiger partial charge in [-0.25, -0.2) is 14.3 Å². The third kappa shape index (κ3) is 4.39. The molecular weight excluding hydrogens is 348 g/mol. The van der Waals surface area contributed by atoms with E-state index in [0.717, 1.165) is 36.0 Å². The number of fused-ring (bicyclic) bond motifs is 1. The number of benzene rings is 1. The van der Waals surface area contributed by atoms with Gasteiger partial charge in [-0.3, -0.25) is 4.90 Å². The highest BCUT2D eigenvalue weighted by Gasteiger charge is 2.14. The molecule has 0 spiro atoms. The number of hydrogen-bond donors (Lipinski definition) is 2. The summed E-state index contributed by atoms with van der Waals surface area (Å²) in [6, 6.07) is 7.50. The van der Waals surface area contributed by atoms with Gasteiger partial charge in [0.2, 0.25) is 4.96 Å². The van der Waals surface area contributed by atoms with Gasteiger partial charge >= 0.3 is 6.03 Å². The Morgan fingerprint density at radius 3 is 2.88 bits per heavy atom. The van der Waals surface area contributed by atoms with Crippen molar-refractivity contribution in [1.29, 1.82) is 0 Å². The van der Waals surface area contributed by atoms with Gasteiger partial charge in [-0.2, -0.15) is 5.10 Å². The van der Waals surface area contributed by atoms with Crippen LogP contribution >= 0.6 is 11.3 Å². The lowest BCUT2D eigenvalue weighted by molar-refractivity contribution is 0.249. The van der Waals surface area contributed by atoms with Crippen LogP contribution in [0.1, 0.15) is 38.1 Å². The van der Waals surface area contributed by atoms with Crippen molar-refractivity contribution in [1.82, 2.24) is 24.8 Å². The number of aromatic nitrogens is 3. The molecule has 0 saturated heterocycles. The molecule has 0 aliphatic heterocycles. The number of anilines is 1. The third-order valence-electron chi connectivity index (χ3n) is 4.28. The average molecular weight is 372 g/mol. The van der Waals surface area contributed by atoms with E-state index < -0.39 is 0 Å². The maximum Gasteiger partial charge on any atom is 0.319 e. The van der Waals surface area contributed by atoms with E-state index in [4.69, 9.17) is 0 Å². The first-order valence-electron chi connectivity index (χ1n) is 8.76. The van der Waals surface area contributed by atoms with Crippen molar-refractivity contribution < 1.29 is 4.79 Å². The minimum atomic E-state index is -0.248. The zero-order valence-electron chi connectivity index (χ0n) is 15.3. The SMILES string of the molecule is CCN(CC)Cc1cccc(NC(=O)N[C@@H](C)c2cn3ncsc3n2)c1. The lowest BCUT2D eigenvalue weighted by Gasteiger charge is -2.18. The molecule has 0 aliphatic carbocycles. The van der Waals surface area contributed by atoms with E-state index in [2.05, 4.69) is 45.5 Å². The molecule has 8 heteroatoms. The van der Waals surface area contributed by atoms with Crippen LogP contribution in [-0.2, 0) is 6.54 Å². The van der Waals surface area contributed by atoms with Gasteiger partial charge in [0.1, 0.15) is 5.51 Å². The molecule has 0 bridgehead atoms. The minimum Gasteiger partial charge on any atom is -0.330 e. The molecule has 0 unspecified atom stereocenters. The monoisotopic (exact) mass is 372 g/mol. The lowest BCUT2D eigenvalue weighted by atomic mass is 10.2. The van der Waals surface area contributed by atoms with Crippen molar-refractivity contribution in [3.63, 3.8) is 0 Å². The maximum atomic E-state index is 12.3. The second kappa shape index (κ2) is 8.29. The summed E-state index contributed by atoms with van der Waals surface area (Å²) in [6.07, 6.45) is 1.83. The molecule has 2 amide bonds. The van der Waals surface area contributed by atoms with E-state index in [1.54, 1.807) is 10.0 Å². The van der Waals surface area contributed by atoms with E-state index >= 15 is 0 Å². The highest BCUT2D eigenvalue weighted by atomic mass is 32.1. The fourth-order valence-corrected chi connectivity index (χ4v) is 3.36. The van der Waals surface area contributed by atoms with Crippen LogP contribution in [0.2, 0.25) is 0 Å². The number of urea groups is 1. The predicted molar refractivity (Wildman–Crippen MR) is 105 cm³/mol. The molecule has 0 aliphatic rings. The summed E-state index contributed by atoms with van der Waals surface area (Å²) in [5.74, 6) is 0. The molecule has 2 heterocycles. The third-order valence-corrected chi connectivity index (χ3v) is 4.97. The Morgan fingerprint density at radius 1 is 1.35 bits per heavy atom. The molecule has 2 aromatic heterocycles. The molecule has 3 aromatic rings. The van der Waals surface area contributed by atoms with Crippen LogP contribution in [0.25, 0.3) is 4.96 Å². The normalized spacial score (nSPS) is 12.5. The summed E-state index contributed by atoms with van der Waals surface area (Å²) in [4.78, 5) is 19.9. The van der Waals surface area contributed by atoms with E-state index in [1.807, 2.05) is 31.3 Å². The summed E-state index contributed by atoms with van der Waals surface area (Å²) in [5, 5.41) is 9.98. The Balaban J connectivity index is 1.59. The first-order chi connectivity index (χ1) is 12.6. The van der Waals surface area contributed by atoms with Gasteiger partial charge < -0.3 is 10.6 Å². The van der Waals surface area contributed by atoms with Gasteiger partial charge in [0, 0.05) is 12.2 Å². The fourth-order valence-electron chi connectivity index (χ4n) is 2.75. The maximum absolute atomic E-state index is 12.3. The van der Waals surface area contributed by atoms with Crippen molar-refractivity contribution in [3.8, 4) is 0 Å². The molecular formula is C18H24N6OS. The van der Waals surface area contributed by atoms with Crippen molar-refractivity contribution in [2.45, 2.75) is 33.4 Å². The first kappa shape index (κ1) is 18.3. The number of carbonyl (C=O) groups is 1. The van der Waals surface area contributed by atoms with Gasteiger partial charge in [-0.15, -0.1) is 0 Å². The molecule has 26 heavy (non-hydrogen) atoms. The average Bonchev–Trinajstić information content (AvgIpc) is 3.21. The fraction of sp³-hybridized carbons (Fsp3) is 0.389. The Kier molecular flexibility index (Phi) is 5.85. The second-order valence-corrected chi connectivity index (χ2v) is 6.93. The van der Waals surface area contributed by atoms with Crippen molar-refractivity contribution in [2.75, 3.05) is 18.4 Å². The van der Waals surface area contributed by atoms with Crippen LogP contribution < -0.4 is 10.6 Å². The van der Waals surface area contributed by atoms with Crippen LogP contribution in [0.3, 0.4) is 0 Å². The Bertz CT molecular complexity index is 841. The molecule has 0 fully saturated rings. The zero-order chi connectivity index (χ0) is 18.5. The Labute approximate surface area is 157 Å². The molecule has 1 atom stereocenters. The first-order valence-corrected chi connectivity index (χ1v) is 9.64. The highest BCUT2D eigenvalue weighted by Crippen LogP contribution is 2.16. The number of nitrogens with zero attached hydrogens (tertiary/aromatic N) is 4. The van der Waals surface area contributed by atoms with E-state index in [1.165, 1.54) is 16.9 Å². The minimum absolute atomic E-state index is 0.206. The van der Waals surface area contributed by atoms with E-state index in [9.17, 15) is 4.79 Å². The summed E-state index contributed by atoms with van der Waals surface area (Å²) >= 11 is 1.47. The molecule has 1 aromatic carbocycles. The molecule has 0 radical (unpaired) electrons. The standard InChI is InChI=1S/C18H24N6OS/c1-4-23(5-2)10-14-7-6-8-15(9-14)21-17(25)20-13(3)16-11-24-18(22-16)26-12-19-24/h6-9,11-13H,4-5,10H2,1-3H3,(H2,20,21,25)/t13-/m0/s1. The van der Waals surface area contributed by atoms with Crippen LogP contribution in [0.15, 0.2) is 36.0 Å². The lowest BCUT2D eigenvalue weighted by Crippen LogP contribution is -2.31. The number of imidazole rings is 1. The molecule has 138 valence electrons. The number of rotatable bonds is 7. The van der Waals surface area contributed by atoms with Gasteiger partial charge in [0.15, 0.2) is 0 Å². The summed E-state index contributed by atoms with van der Waals surface area (Å²) in [6.45, 7) is 9.08. The van der Waals surface area contributed by atoms with Gasteiger partial charge in [0.05, 0.1) is 17.9 Å². The van der Waals surface area contributed by atoms with E-state index in [0.29, 0.717) is 0 Å². The Morgan fingerprint density at radius 2 is 2.15 bits per heavy atom. The predicted octanol–water partition coefficient (Wildman–Crippen LogP) is 3.52. The van der Waals surface area contributed by atoms with Crippen LogP contribution in [0, 0.1) is 0 Å². The summed E-state index contributed by atoms with van der Waals surface area (Å²) in [7, 11) is 0. The van der Waals surface area contributed by atoms with E-state index in [-0.39, 0.29) is 12.1 Å². The number of nitrogens with one attached hydrogen (secondary N) is 2. The molecule has 7 nitrogen and oxygen atoms in total. The number of carbonyl (C=O) groups excluding carboxylic acids is 1. The summed E-state index contributed by atoms with van der Waals surface area (Å²) < 4.78 is 1.72. The van der Waals surface area contributed by atoms with Gasteiger partial charge in [-0.05, 0) is 37.7 Å². The number of hydrogen-bond acceptors (Lipinski definition) is 5. The largest absolute Gasteiger partial charge is 0.330 e. The highest BCUT2D eigenvalue weighted by molar-refractivity contribution is 7.14. The molecule has 3 rings (SSSR count). The molecule has 2 N–H and O–H groups in total. The smallest absolute Gasteiger partial charge is 0.319 e. The van der Waals surface area contributed by atoms with Crippen molar-refractivity contribution >= 4 is 28.0 Å².